The number of nitrogens with one attached hydrogen (secondary N) is 1. The van der Waals surface area contributed by atoms with Crippen molar-refractivity contribution in [1.29, 1.82) is 0 Å². The van der Waals surface area contributed by atoms with Crippen LogP contribution in [-0.2, 0) is 0 Å². The zero-order chi connectivity index (χ0) is 11.1. The van der Waals surface area contributed by atoms with Gasteiger partial charge < -0.3 is 10.4 Å². The van der Waals surface area contributed by atoms with E-state index >= 15 is 0 Å². The highest BCUT2D eigenvalue weighted by molar-refractivity contribution is 4.87. The lowest BCUT2D eigenvalue weighted by molar-refractivity contribution is -0.0123. The van der Waals surface area contributed by atoms with Gasteiger partial charge in [-0.3, -0.25) is 0 Å². The average Bonchev–Trinajstić information content (AvgIpc) is 2.26. The molecule has 0 saturated heterocycles. The van der Waals surface area contributed by atoms with Crippen molar-refractivity contribution in [2.24, 2.45) is 0 Å². The third kappa shape index (κ3) is 4.52. The molecule has 2 heteroatoms. The quantitative estimate of drug-likeness (QED) is 0.665. The van der Waals surface area contributed by atoms with Gasteiger partial charge in [-0.1, -0.05) is 32.6 Å². The Morgan fingerprint density at radius 2 is 1.87 bits per heavy atom. The summed E-state index contributed by atoms with van der Waals surface area (Å²) < 4.78 is 0. The summed E-state index contributed by atoms with van der Waals surface area (Å²) in [5.41, 5.74) is -0.332. The molecular formula is C13H27NO. The summed E-state index contributed by atoms with van der Waals surface area (Å²) in [4.78, 5) is 0. The Kier molecular flexibility index (Phi) is 5.62. The van der Waals surface area contributed by atoms with Crippen molar-refractivity contribution in [1.82, 2.24) is 5.32 Å². The molecule has 0 amide bonds. The molecule has 0 aliphatic heterocycles. The molecule has 0 atom stereocenters. The molecule has 0 aromatic rings. The Balaban J connectivity index is 2.17. The van der Waals surface area contributed by atoms with Crippen LogP contribution in [0.15, 0.2) is 0 Å². The number of unbranched alkanes of at least 4 members (excludes halogenated alkanes) is 3. The van der Waals surface area contributed by atoms with Gasteiger partial charge in [0.2, 0.25) is 0 Å². The first kappa shape index (κ1) is 13.0. The number of rotatable bonds is 6. The topological polar surface area (TPSA) is 32.3 Å². The zero-order valence-electron chi connectivity index (χ0n) is 10.4. The molecule has 1 fully saturated rings. The molecule has 0 bridgehead atoms. The number of hydrogen-bond donors (Lipinski definition) is 2. The lowest BCUT2D eigenvalue weighted by Gasteiger charge is -2.36. The minimum atomic E-state index is -0.332. The highest BCUT2D eigenvalue weighted by Gasteiger charge is 2.31. The molecule has 2 nitrogen and oxygen atoms in total. The molecule has 0 spiro atoms. The van der Waals surface area contributed by atoms with E-state index in [0.29, 0.717) is 6.04 Å². The van der Waals surface area contributed by atoms with E-state index in [0.717, 1.165) is 32.1 Å². The first-order chi connectivity index (χ1) is 7.20. The Labute approximate surface area is 94.5 Å². The second kappa shape index (κ2) is 6.49. The van der Waals surface area contributed by atoms with Crippen molar-refractivity contribution >= 4 is 0 Å². The van der Waals surface area contributed by atoms with Gasteiger partial charge in [0.15, 0.2) is 0 Å². The van der Waals surface area contributed by atoms with Gasteiger partial charge in [0.25, 0.3) is 0 Å². The summed E-state index contributed by atoms with van der Waals surface area (Å²) in [6, 6.07) is 0.640. The first-order valence-electron chi connectivity index (χ1n) is 6.60. The molecule has 1 rings (SSSR count). The maximum Gasteiger partial charge on any atom is 0.0649 e. The third-order valence-electron chi connectivity index (χ3n) is 3.82. The number of hydrogen-bond acceptors (Lipinski definition) is 2. The van der Waals surface area contributed by atoms with Crippen molar-refractivity contribution < 1.29 is 5.11 Å². The molecule has 0 unspecified atom stereocenters. The van der Waals surface area contributed by atoms with Crippen LogP contribution in [0.3, 0.4) is 0 Å². The van der Waals surface area contributed by atoms with Crippen molar-refractivity contribution in [3.63, 3.8) is 0 Å². The highest BCUT2D eigenvalue weighted by Crippen LogP contribution is 2.32. The average molecular weight is 213 g/mol. The second-order valence-electron chi connectivity index (χ2n) is 5.10. The maximum atomic E-state index is 10.4. The largest absolute Gasteiger partial charge is 0.390 e. The third-order valence-corrected chi connectivity index (χ3v) is 3.82. The van der Waals surface area contributed by atoms with Gasteiger partial charge in [0.05, 0.1) is 5.60 Å². The summed E-state index contributed by atoms with van der Waals surface area (Å²) in [6.45, 7) is 2.23. The van der Waals surface area contributed by atoms with Crippen LogP contribution in [0.5, 0.6) is 0 Å². The van der Waals surface area contributed by atoms with Crippen LogP contribution >= 0.6 is 0 Å². The van der Waals surface area contributed by atoms with Crippen molar-refractivity contribution in [3.8, 4) is 0 Å². The SMILES string of the molecule is CCCCCCC1(O)CCC(NC)CC1. The molecular weight excluding hydrogens is 186 g/mol. The van der Waals surface area contributed by atoms with E-state index in [1.807, 2.05) is 7.05 Å². The maximum absolute atomic E-state index is 10.4. The zero-order valence-corrected chi connectivity index (χ0v) is 10.4. The summed E-state index contributed by atoms with van der Waals surface area (Å²) in [7, 11) is 2.02. The fourth-order valence-electron chi connectivity index (χ4n) is 2.57. The van der Waals surface area contributed by atoms with E-state index in [2.05, 4.69) is 12.2 Å². The lowest BCUT2D eigenvalue weighted by atomic mass is 9.79. The van der Waals surface area contributed by atoms with Crippen LogP contribution in [0.4, 0.5) is 0 Å². The minimum absolute atomic E-state index is 0.332. The molecule has 0 aromatic heterocycles. The van der Waals surface area contributed by atoms with Crippen LogP contribution < -0.4 is 5.32 Å². The minimum Gasteiger partial charge on any atom is -0.390 e. The van der Waals surface area contributed by atoms with Crippen LogP contribution in [0.25, 0.3) is 0 Å². The van der Waals surface area contributed by atoms with E-state index in [1.165, 1.54) is 25.7 Å². The van der Waals surface area contributed by atoms with E-state index < -0.39 is 0 Å². The fraction of sp³-hybridized carbons (Fsp3) is 1.00. The number of aliphatic hydroxyl groups is 1. The smallest absolute Gasteiger partial charge is 0.0649 e. The Bertz CT molecular complexity index is 162. The van der Waals surface area contributed by atoms with Crippen molar-refractivity contribution in [2.75, 3.05) is 7.05 Å². The predicted molar refractivity (Wildman–Crippen MR) is 65.0 cm³/mol. The molecule has 90 valence electrons. The molecule has 1 saturated carbocycles. The molecule has 0 radical (unpaired) electrons. The van der Waals surface area contributed by atoms with Crippen molar-refractivity contribution in [2.45, 2.75) is 76.4 Å². The normalized spacial score (nSPS) is 31.8. The Morgan fingerprint density at radius 3 is 2.40 bits per heavy atom. The van der Waals surface area contributed by atoms with Gasteiger partial charge in [-0.25, -0.2) is 0 Å². The van der Waals surface area contributed by atoms with Crippen LogP contribution in [0.1, 0.15) is 64.7 Å². The predicted octanol–water partition coefficient (Wildman–Crippen LogP) is 2.85. The standard InChI is InChI=1S/C13H27NO/c1-3-4-5-6-9-13(15)10-7-12(14-2)8-11-13/h12,14-15H,3-11H2,1-2H3. The Hall–Kier alpha value is -0.0800. The molecule has 0 heterocycles. The van der Waals surface area contributed by atoms with Gasteiger partial charge in [-0.2, -0.15) is 0 Å². The Morgan fingerprint density at radius 1 is 1.20 bits per heavy atom. The van der Waals surface area contributed by atoms with Gasteiger partial charge in [0.1, 0.15) is 0 Å². The van der Waals surface area contributed by atoms with Crippen LogP contribution in [-0.4, -0.2) is 23.8 Å². The van der Waals surface area contributed by atoms with Crippen LogP contribution in [0.2, 0.25) is 0 Å². The molecule has 1 aliphatic carbocycles. The monoisotopic (exact) mass is 213 g/mol. The first-order valence-corrected chi connectivity index (χ1v) is 6.60. The molecule has 15 heavy (non-hydrogen) atoms. The second-order valence-corrected chi connectivity index (χ2v) is 5.10. The van der Waals surface area contributed by atoms with Gasteiger partial charge >= 0.3 is 0 Å². The molecule has 2 N–H and O–H groups in total. The summed E-state index contributed by atoms with van der Waals surface area (Å²) in [5, 5.41) is 13.7. The summed E-state index contributed by atoms with van der Waals surface area (Å²) in [5.74, 6) is 0. The van der Waals surface area contributed by atoms with E-state index in [9.17, 15) is 5.11 Å². The summed E-state index contributed by atoms with van der Waals surface area (Å²) >= 11 is 0. The van der Waals surface area contributed by atoms with E-state index in [4.69, 9.17) is 0 Å². The van der Waals surface area contributed by atoms with Crippen molar-refractivity contribution in [3.05, 3.63) is 0 Å². The van der Waals surface area contributed by atoms with Crippen LogP contribution in [0, 0.1) is 0 Å². The van der Waals surface area contributed by atoms with Gasteiger partial charge in [-0.05, 0) is 39.2 Å². The van der Waals surface area contributed by atoms with E-state index in [-0.39, 0.29) is 5.60 Å². The van der Waals surface area contributed by atoms with Gasteiger partial charge in [0, 0.05) is 6.04 Å². The lowest BCUT2D eigenvalue weighted by Crippen LogP contribution is -2.40. The van der Waals surface area contributed by atoms with E-state index in [1.54, 1.807) is 0 Å². The van der Waals surface area contributed by atoms with Gasteiger partial charge in [-0.15, -0.1) is 0 Å². The molecule has 1 aliphatic rings. The molecule has 0 aromatic carbocycles. The highest BCUT2D eigenvalue weighted by atomic mass is 16.3. The fourth-order valence-corrected chi connectivity index (χ4v) is 2.57. The summed E-state index contributed by atoms with van der Waals surface area (Å²) in [6.07, 6.45) is 10.4.